The molecule has 4 rings (SSSR count). The molecule has 10 heteroatoms. The minimum Gasteiger partial charge on any atom is -0.452 e. The first-order valence-corrected chi connectivity index (χ1v) is 9.70. The molecule has 31 heavy (non-hydrogen) atoms. The van der Waals surface area contributed by atoms with Crippen LogP contribution in [0.15, 0.2) is 43.0 Å². The number of carbonyl (C=O) groups excluding carboxylic acids is 2. The van der Waals surface area contributed by atoms with Crippen molar-refractivity contribution in [1.29, 1.82) is 0 Å². The number of fused-ring (bicyclic) bond motifs is 1. The van der Waals surface area contributed by atoms with Gasteiger partial charge in [-0.1, -0.05) is 0 Å². The zero-order valence-electron chi connectivity index (χ0n) is 17.1. The number of ether oxygens (including phenoxy) is 1. The van der Waals surface area contributed by atoms with Gasteiger partial charge in [0.05, 0.1) is 36.4 Å². The molecule has 0 saturated carbocycles. The van der Waals surface area contributed by atoms with E-state index >= 15 is 0 Å². The first-order valence-electron chi connectivity index (χ1n) is 9.70. The first-order chi connectivity index (χ1) is 14.8. The summed E-state index contributed by atoms with van der Waals surface area (Å²) in [6.45, 7) is 0.0497. The predicted octanol–water partition coefficient (Wildman–Crippen LogP) is 3.49. The van der Waals surface area contributed by atoms with Crippen molar-refractivity contribution in [2.45, 2.75) is 18.8 Å². The van der Waals surface area contributed by atoms with Gasteiger partial charge in [0.2, 0.25) is 0 Å². The van der Waals surface area contributed by atoms with Gasteiger partial charge in [-0.3, -0.25) is 19.2 Å². The fourth-order valence-electron chi connectivity index (χ4n) is 3.54. The molecule has 1 fully saturated rings. The topological polar surface area (TPSA) is 80.6 Å². The van der Waals surface area contributed by atoms with Crippen molar-refractivity contribution in [3.8, 4) is 5.69 Å². The van der Waals surface area contributed by atoms with Crippen molar-refractivity contribution in [3.63, 3.8) is 0 Å². The second-order valence-electron chi connectivity index (χ2n) is 7.40. The molecule has 1 saturated heterocycles. The molecule has 2 amide bonds. The number of alkyl halides is 2. The minimum atomic E-state index is -2.71. The third-order valence-electron chi connectivity index (χ3n) is 5.38. The quantitative estimate of drug-likeness (QED) is 0.637. The normalized spacial score (nSPS) is 15.7. The van der Waals surface area contributed by atoms with Crippen molar-refractivity contribution in [1.82, 2.24) is 19.4 Å². The van der Waals surface area contributed by atoms with E-state index < -0.39 is 12.0 Å². The molecule has 8 nitrogen and oxygen atoms in total. The average molecular weight is 429 g/mol. The summed E-state index contributed by atoms with van der Waals surface area (Å²) in [5, 5.41) is 0.722. The Hall–Kier alpha value is -3.56. The molecule has 0 aromatic carbocycles. The molecule has 4 heterocycles. The largest absolute Gasteiger partial charge is 0.452 e. The molecule has 1 aliphatic heterocycles. The summed E-state index contributed by atoms with van der Waals surface area (Å²) in [6, 6.07) is 5.27. The SMILES string of the molecule is COC(=O)N(C)c1cncc(-n2ccc3cc(C(=O)N4CCC(F)(F)CC4)cnc32)c1. The number of hydrogen-bond donors (Lipinski definition) is 0. The Kier molecular flexibility index (Phi) is 5.30. The molecule has 0 radical (unpaired) electrons. The molecule has 1 aliphatic rings. The van der Waals surface area contributed by atoms with Gasteiger partial charge in [0, 0.05) is 50.8 Å². The Balaban J connectivity index is 1.60. The van der Waals surface area contributed by atoms with Crippen molar-refractivity contribution in [2.75, 3.05) is 32.1 Å². The van der Waals surface area contributed by atoms with Crippen LogP contribution in [0.4, 0.5) is 19.3 Å². The molecule has 0 spiro atoms. The highest BCUT2D eigenvalue weighted by molar-refractivity contribution is 5.97. The third-order valence-corrected chi connectivity index (χ3v) is 5.38. The fraction of sp³-hybridized carbons (Fsp3) is 0.333. The summed E-state index contributed by atoms with van der Waals surface area (Å²) in [5.41, 5.74) is 2.17. The van der Waals surface area contributed by atoms with Crippen molar-refractivity contribution in [2.24, 2.45) is 0 Å². The summed E-state index contributed by atoms with van der Waals surface area (Å²) in [5.74, 6) is -3.01. The molecule has 162 valence electrons. The van der Waals surface area contributed by atoms with Gasteiger partial charge in [0.25, 0.3) is 11.8 Å². The molecule has 0 bridgehead atoms. The fourth-order valence-corrected chi connectivity index (χ4v) is 3.54. The van der Waals surface area contributed by atoms with Crippen molar-refractivity contribution in [3.05, 3.63) is 48.5 Å². The molecule has 0 atom stereocenters. The van der Waals surface area contributed by atoms with E-state index in [1.807, 2.05) is 0 Å². The number of piperidine rings is 1. The van der Waals surface area contributed by atoms with Crippen LogP contribution in [0, 0.1) is 0 Å². The van der Waals surface area contributed by atoms with E-state index in [1.165, 1.54) is 23.1 Å². The van der Waals surface area contributed by atoms with Crippen LogP contribution in [-0.4, -0.2) is 64.6 Å². The van der Waals surface area contributed by atoms with Gasteiger partial charge >= 0.3 is 6.09 Å². The number of halogens is 2. The zero-order valence-corrected chi connectivity index (χ0v) is 17.1. The lowest BCUT2D eigenvalue weighted by molar-refractivity contribution is -0.0494. The van der Waals surface area contributed by atoms with Crippen LogP contribution < -0.4 is 4.90 Å². The molecule has 0 aliphatic carbocycles. The summed E-state index contributed by atoms with van der Waals surface area (Å²) < 4.78 is 33.3. The maximum Gasteiger partial charge on any atom is 0.413 e. The Morgan fingerprint density at radius 3 is 2.61 bits per heavy atom. The number of nitrogens with zero attached hydrogens (tertiary/aromatic N) is 5. The smallest absolute Gasteiger partial charge is 0.413 e. The average Bonchev–Trinajstić information content (AvgIpc) is 3.21. The van der Waals surface area contributed by atoms with Gasteiger partial charge in [-0.15, -0.1) is 0 Å². The Morgan fingerprint density at radius 2 is 1.90 bits per heavy atom. The number of methoxy groups -OCH3 is 1. The van der Waals surface area contributed by atoms with Crippen LogP contribution in [0.3, 0.4) is 0 Å². The van der Waals surface area contributed by atoms with E-state index in [0.29, 0.717) is 22.6 Å². The zero-order chi connectivity index (χ0) is 22.2. The number of amides is 2. The van der Waals surface area contributed by atoms with Crippen LogP contribution in [0.5, 0.6) is 0 Å². The lowest BCUT2D eigenvalue weighted by atomic mass is 10.1. The maximum atomic E-state index is 13.4. The van der Waals surface area contributed by atoms with Crippen LogP contribution in [-0.2, 0) is 4.74 Å². The van der Waals surface area contributed by atoms with E-state index in [0.717, 1.165) is 5.39 Å². The molecule has 3 aromatic rings. The lowest BCUT2D eigenvalue weighted by Gasteiger charge is -2.31. The van der Waals surface area contributed by atoms with Crippen LogP contribution in [0.2, 0.25) is 0 Å². The summed E-state index contributed by atoms with van der Waals surface area (Å²) in [4.78, 5) is 35.9. The molecular weight excluding hydrogens is 408 g/mol. The van der Waals surface area contributed by atoms with Crippen molar-refractivity contribution < 1.29 is 23.1 Å². The van der Waals surface area contributed by atoms with Crippen LogP contribution >= 0.6 is 0 Å². The van der Waals surface area contributed by atoms with Gasteiger partial charge in [0.15, 0.2) is 0 Å². The van der Waals surface area contributed by atoms with Crippen LogP contribution in [0.25, 0.3) is 16.7 Å². The second kappa shape index (κ2) is 7.93. The number of hydrogen-bond acceptors (Lipinski definition) is 5. The standard InChI is InChI=1S/C21H21F2N5O3/c1-26(20(30)31-2)16-10-17(13-24-12-16)28-6-3-14-9-15(11-25-18(14)28)19(29)27-7-4-21(22,23)5-8-27/h3,6,9-13H,4-5,7-8H2,1-2H3. The second-order valence-corrected chi connectivity index (χ2v) is 7.40. The predicted molar refractivity (Wildman–Crippen MR) is 110 cm³/mol. The van der Waals surface area contributed by atoms with Gasteiger partial charge in [0.1, 0.15) is 5.65 Å². The summed E-state index contributed by atoms with van der Waals surface area (Å²) in [7, 11) is 2.88. The number of rotatable bonds is 3. The van der Waals surface area contributed by atoms with E-state index in [-0.39, 0.29) is 31.8 Å². The first kappa shape index (κ1) is 20.7. The van der Waals surface area contributed by atoms with Crippen LogP contribution in [0.1, 0.15) is 23.2 Å². The van der Waals surface area contributed by atoms with E-state index in [1.54, 1.807) is 48.4 Å². The highest BCUT2D eigenvalue weighted by atomic mass is 19.3. The number of pyridine rings is 2. The number of carbonyl (C=O) groups is 2. The van der Waals surface area contributed by atoms with Gasteiger partial charge < -0.3 is 9.64 Å². The molecule has 0 unspecified atom stereocenters. The van der Waals surface area contributed by atoms with E-state index in [2.05, 4.69) is 9.97 Å². The maximum absolute atomic E-state index is 13.4. The summed E-state index contributed by atoms with van der Waals surface area (Å²) in [6.07, 6.45) is 5.23. The Labute approximate surface area is 177 Å². The molecule has 0 N–H and O–H groups in total. The Bertz CT molecular complexity index is 1140. The molecular formula is C21H21F2N5O3. The van der Waals surface area contributed by atoms with Gasteiger partial charge in [-0.05, 0) is 18.2 Å². The van der Waals surface area contributed by atoms with E-state index in [9.17, 15) is 18.4 Å². The van der Waals surface area contributed by atoms with Gasteiger partial charge in [-0.25, -0.2) is 18.6 Å². The number of aromatic nitrogens is 3. The number of anilines is 1. The summed E-state index contributed by atoms with van der Waals surface area (Å²) >= 11 is 0. The monoisotopic (exact) mass is 429 g/mol. The van der Waals surface area contributed by atoms with Crippen molar-refractivity contribution >= 4 is 28.7 Å². The minimum absolute atomic E-state index is 0.0249. The highest BCUT2D eigenvalue weighted by Crippen LogP contribution is 2.29. The lowest BCUT2D eigenvalue weighted by Crippen LogP contribution is -2.42. The Morgan fingerprint density at radius 1 is 1.16 bits per heavy atom. The van der Waals surface area contributed by atoms with E-state index in [4.69, 9.17) is 4.74 Å². The number of likely N-dealkylation sites (tertiary alicyclic amines) is 1. The highest BCUT2D eigenvalue weighted by Gasteiger charge is 2.35. The molecule has 3 aromatic heterocycles. The van der Waals surface area contributed by atoms with Gasteiger partial charge in [-0.2, -0.15) is 0 Å². The third kappa shape index (κ3) is 4.05.